The van der Waals surface area contributed by atoms with E-state index in [0.29, 0.717) is 19.0 Å². The van der Waals surface area contributed by atoms with E-state index in [0.717, 1.165) is 18.7 Å². The quantitative estimate of drug-likeness (QED) is 0.692. The summed E-state index contributed by atoms with van der Waals surface area (Å²) in [5.74, 6) is 0.371. The van der Waals surface area contributed by atoms with Crippen LogP contribution in [0.3, 0.4) is 0 Å². The van der Waals surface area contributed by atoms with E-state index in [4.69, 9.17) is 9.47 Å². The van der Waals surface area contributed by atoms with Crippen LogP contribution in [0.2, 0.25) is 0 Å². The summed E-state index contributed by atoms with van der Waals surface area (Å²) in [4.78, 5) is 0. The number of hydrogen-bond donors (Lipinski definition) is 1. The summed E-state index contributed by atoms with van der Waals surface area (Å²) in [5.41, 5.74) is 0.741. The van der Waals surface area contributed by atoms with Crippen LogP contribution < -0.4 is 10.1 Å². The van der Waals surface area contributed by atoms with E-state index in [9.17, 15) is 4.39 Å². The van der Waals surface area contributed by atoms with Crippen LogP contribution in [0, 0.1) is 5.82 Å². The van der Waals surface area contributed by atoms with Gasteiger partial charge in [-0.15, -0.1) is 0 Å². The Morgan fingerprint density at radius 3 is 3.07 bits per heavy atom. The van der Waals surface area contributed by atoms with Crippen LogP contribution in [0.1, 0.15) is 5.56 Å². The molecule has 0 unspecified atom stereocenters. The summed E-state index contributed by atoms with van der Waals surface area (Å²) in [6, 6.07) is 4.67. The Bertz CT molecular complexity index is 388. The first-order valence-electron chi connectivity index (χ1n) is 5.06. The lowest BCUT2D eigenvalue weighted by atomic mass is 9.92. The summed E-state index contributed by atoms with van der Waals surface area (Å²) < 4.78 is 23.9. The Hall–Kier alpha value is -1.13. The number of hydrogen-bond acceptors (Lipinski definition) is 3. The number of nitrogens with one attached hydrogen (secondary N) is 1. The standard InChI is InChI=1S/C11H12FNO2/c12-8-1-2-9-10(5-8)15-7-11(9)6-14-4-3-13-11/h1-2,5,13H,3-4,6-7H2/t11-/m1/s1. The van der Waals surface area contributed by atoms with Crippen LogP contribution >= 0.6 is 0 Å². The SMILES string of the molecule is Fc1ccc2c(c1)OC[C@]21COCCN1. The third-order valence-corrected chi connectivity index (χ3v) is 2.99. The van der Waals surface area contributed by atoms with E-state index in [-0.39, 0.29) is 11.4 Å². The minimum absolute atomic E-state index is 0.262. The Balaban J connectivity index is 2.03. The van der Waals surface area contributed by atoms with Crippen molar-refractivity contribution in [1.82, 2.24) is 5.32 Å². The molecule has 0 amide bonds. The molecule has 3 rings (SSSR count). The van der Waals surface area contributed by atoms with E-state index in [1.54, 1.807) is 6.07 Å². The summed E-state index contributed by atoms with van der Waals surface area (Å²) in [5, 5.41) is 3.40. The maximum absolute atomic E-state index is 13.0. The van der Waals surface area contributed by atoms with Crippen LogP contribution in [-0.4, -0.2) is 26.4 Å². The number of ether oxygens (including phenoxy) is 2. The van der Waals surface area contributed by atoms with Gasteiger partial charge in [-0.1, -0.05) is 6.07 Å². The normalized spacial score (nSPS) is 28.9. The Morgan fingerprint density at radius 2 is 2.27 bits per heavy atom. The molecular weight excluding hydrogens is 197 g/mol. The topological polar surface area (TPSA) is 30.5 Å². The molecule has 0 bridgehead atoms. The molecule has 2 aliphatic heterocycles. The van der Waals surface area contributed by atoms with Crippen LogP contribution in [0.15, 0.2) is 18.2 Å². The van der Waals surface area contributed by atoms with Crippen molar-refractivity contribution in [2.24, 2.45) is 0 Å². The second kappa shape index (κ2) is 3.18. The Labute approximate surface area is 87.2 Å². The predicted molar refractivity (Wildman–Crippen MR) is 52.4 cm³/mol. The summed E-state index contributed by atoms with van der Waals surface area (Å²) >= 11 is 0. The molecule has 0 radical (unpaired) electrons. The van der Waals surface area contributed by atoms with Gasteiger partial charge in [-0.05, 0) is 6.07 Å². The Kier molecular flexibility index (Phi) is 1.94. The first kappa shape index (κ1) is 9.12. The van der Waals surface area contributed by atoms with E-state index in [1.807, 2.05) is 0 Å². The van der Waals surface area contributed by atoms with Gasteiger partial charge in [0, 0.05) is 18.2 Å². The highest BCUT2D eigenvalue weighted by atomic mass is 19.1. The Morgan fingerprint density at radius 1 is 1.33 bits per heavy atom. The lowest BCUT2D eigenvalue weighted by Crippen LogP contribution is -2.52. The molecule has 1 N–H and O–H groups in total. The van der Waals surface area contributed by atoms with Gasteiger partial charge in [0.1, 0.15) is 23.7 Å². The zero-order valence-electron chi connectivity index (χ0n) is 8.25. The molecule has 0 saturated carbocycles. The van der Waals surface area contributed by atoms with Gasteiger partial charge in [0.05, 0.1) is 13.2 Å². The second-order valence-corrected chi connectivity index (χ2v) is 3.99. The average Bonchev–Trinajstić information content (AvgIpc) is 2.58. The fourth-order valence-corrected chi connectivity index (χ4v) is 2.22. The molecule has 15 heavy (non-hydrogen) atoms. The van der Waals surface area contributed by atoms with Gasteiger partial charge in [0.2, 0.25) is 0 Å². The molecule has 0 aliphatic carbocycles. The molecular formula is C11H12FNO2. The fourth-order valence-electron chi connectivity index (χ4n) is 2.22. The molecule has 2 aliphatic rings. The minimum Gasteiger partial charge on any atom is -0.491 e. The van der Waals surface area contributed by atoms with Crippen molar-refractivity contribution in [1.29, 1.82) is 0 Å². The van der Waals surface area contributed by atoms with E-state index in [2.05, 4.69) is 5.32 Å². The van der Waals surface area contributed by atoms with Crippen molar-refractivity contribution in [2.45, 2.75) is 5.54 Å². The van der Waals surface area contributed by atoms with Crippen molar-refractivity contribution in [3.8, 4) is 5.75 Å². The molecule has 1 fully saturated rings. The number of fused-ring (bicyclic) bond motifs is 2. The van der Waals surface area contributed by atoms with E-state index < -0.39 is 0 Å². The summed E-state index contributed by atoms with van der Waals surface area (Å²) in [6.07, 6.45) is 0. The molecule has 4 heteroatoms. The van der Waals surface area contributed by atoms with Gasteiger partial charge in [0.25, 0.3) is 0 Å². The van der Waals surface area contributed by atoms with Crippen molar-refractivity contribution in [3.63, 3.8) is 0 Å². The summed E-state index contributed by atoms with van der Waals surface area (Å²) in [6.45, 7) is 2.63. The monoisotopic (exact) mass is 209 g/mol. The third-order valence-electron chi connectivity index (χ3n) is 2.99. The van der Waals surface area contributed by atoms with Crippen molar-refractivity contribution in [3.05, 3.63) is 29.6 Å². The minimum atomic E-state index is -0.263. The predicted octanol–water partition coefficient (Wildman–Crippen LogP) is 1.03. The van der Waals surface area contributed by atoms with Gasteiger partial charge in [-0.3, -0.25) is 0 Å². The highest BCUT2D eigenvalue weighted by Crippen LogP contribution is 2.38. The van der Waals surface area contributed by atoms with E-state index >= 15 is 0 Å². The number of morpholine rings is 1. The molecule has 1 aromatic carbocycles. The zero-order chi connectivity index (χ0) is 10.3. The van der Waals surface area contributed by atoms with Crippen LogP contribution in [0.4, 0.5) is 4.39 Å². The number of benzene rings is 1. The molecule has 1 aromatic rings. The lowest BCUT2D eigenvalue weighted by molar-refractivity contribution is 0.0160. The maximum Gasteiger partial charge on any atom is 0.127 e. The second-order valence-electron chi connectivity index (χ2n) is 3.99. The first-order chi connectivity index (χ1) is 7.30. The maximum atomic E-state index is 13.0. The highest BCUT2D eigenvalue weighted by molar-refractivity contribution is 5.43. The van der Waals surface area contributed by atoms with Gasteiger partial charge < -0.3 is 14.8 Å². The molecule has 80 valence electrons. The van der Waals surface area contributed by atoms with Crippen LogP contribution in [0.25, 0.3) is 0 Å². The first-order valence-corrected chi connectivity index (χ1v) is 5.06. The smallest absolute Gasteiger partial charge is 0.127 e. The average molecular weight is 209 g/mol. The van der Waals surface area contributed by atoms with Crippen molar-refractivity contribution < 1.29 is 13.9 Å². The van der Waals surface area contributed by atoms with Crippen molar-refractivity contribution >= 4 is 0 Å². The number of halogens is 1. The molecule has 2 heterocycles. The third kappa shape index (κ3) is 1.33. The zero-order valence-corrected chi connectivity index (χ0v) is 8.25. The molecule has 1 spiro atoms. The lowest BCUT2D eigenvalue weighted by Gasteiger charge is -2.33. The summed E-state index contributed by atoms with van der Waals surface area (Å²) in [7, 11) is 0. The molecule has 1 atom stereocenters. The van der Waals surface area contributed by atoms with Gasteiger partial charge in [0.15, 0.2) is 0 Å². The van der Waals surface area contributed by atoms with E-state index in [1.165, 1.54) is 12.1 Å². The van der Waals surface area contributed by atoms with Gasteiger partial charge >= 0.3 is 0 Å². The fraction of sp³-hybridized carbons (Fsp3) is 0.455. The van der Waals surface area contributed by atoms with Gasteiger partial charge in [-0.25, -0.2) is 4.39 Å². The highest BCUT2D eigenvalue weighted by Gasteiger charge is 2.42. The molecule has 0 aromatic heterocycles. The van der Waals surface area contributed by atoms with Crippen molar-refractivity contribution in [2.75, 3.05) is 26.4 Å². The molecule has 1 saturated heterocycles. The molecule has 3 nitrogen and oxygen atoms in total. The largest absolute Gasteiger partial charge is 0.491 e. The number of rotatable bonds is 0. The van der Waals surface area contributed by atoms with Crippen LogP contribution in [0.5, 0.6) is 5.75 Å². The van der Waals surface area contributed by atoms with Gasteiger partial charge in [-0.2, -0.15) is 0 Å². The van der Waals surface area contributed by atoms with Crippen LogP contribution in [-0.2, 0) is 10.3 Å².